The van der Waals surface area contributed by atoms with Crippen molar-refractivity contribution in [2.24, 2.45) is 0 Å². The molecule has 172 valence electrons. The van der Waals surface area contributed by atoms with Crippen LogP contribution in [0.3, 0.4) is 0 Å². The third-order valence-corrected chi connectivity index (χ3v) is 5.86. The van der Waals surface area contributed by atoms with Gasteiger partial charge in [0.2, 0.25) is 0 Å². The minimum atomic E-state index is -3.33. The van der Waals surface area contributed by atoms with Gasteiger partial charge >= 0.3 is 0 Å². The second kappa shape index (κ2) is 8.45. The molecule has 1 aliphatic heterocycles. The molecule has 7 nitrogen and oxygen atoms in total. The van der Waals surface area contributed by atoms with Crippen LogP contribution in [0.25, 0.3) is 27.9 Å². The van der Waals surface area contributed by atoms with E-state index >= 15 is 0 Å². The van der Waals surface area contributed by atoms with Gasteiger partial charge in [0.15, 0.2) is 0 Å². The van der Waals surface area contributed by atoms with Gasteiger partial charge in [-0.25, -0.2) is 27.2 Å². The van der Waals surface area contributed by atoms with Crippen molar-refractivity contribution >= 4 is 22.5 Å². The third kappa shape index (κ3) is 3.81. The van der Waals surface area contributed by atoms with E-state index in [0.717, 1.165) is 25.7 Å². The Morgan fingerprint density at radius 2 is 1.76 bits per heavy atom. The molecule has 0 bridgehead atoms. The molecule has 1 aliphatic rings. The van der Waals surface area contributed by atoms with E-state index in [-0.39, 0.29) is 33.9 Å². The molecule has 1 atom stereocenters. The number of hydrogen-bond acceptors (Lipinski definition) is 4. The monoisotopic (exact) mass is 460 g/mol. The molecule has 33 heavy (non-hydrogen) atoms. The van der Waals surface area contributed by atoms with Crippen LogP contribution in [0.1, 0.15) is 42.5 Å². The van der Waals surface area contributed by atoms with Gasteiger partial charge in [0.1, 0.15) is 22.9 Å². The molecule has 5 rings (SSSR count). The maximum absolute atomic E-state index is 14.5. The van der Waals surface area contributed by atoms with Crippen molar-refractivity contribution in [1.29, 1.82) is 0 Å². The number of carbonyl (C=O) groups is 1. The zero-order valence-electron chi connectivity index (χ0n) is 17.5. The molecule has 5 heterocycles. The summed E-state index contributed by atoms with van der Waals surface area (Å²) in [5.74, 6) is -0.873. The summed E-state index contributed by atoms with van der Waals surface area (Å²) < 4.78 is 56.9. The lowest BCUT2D eigenvalue weighted by atomic mass is 10.2. The summed E-state index contributed by atoms with van der Waals surface area (Å²) in [4.78, 5) is 23.1. The minimum Gasteiger partial charge on any atom is -0.337 e. The number of amides is 1. The van der Waals surface area contributed by atoms with E-state index in [2.05, 4.69) is 15.1 Å². The number of carbonyl (C=O) groups excluding carboxylic acids is 1. The average Bonchev–Trinajstić information content (AvgIpc) is 3.27. The highest BCUT2D eigenvalue weighted by Crippen LogP contribution is 2.32. The molecule has 1 fully saturated rings. The molecular weight excluding hydrogens is 440 g/mol. The first-order chi connectivity index (χ1) is 15.9. The quantitative estimate of drug-likeness (QED) is 0.417. The highest BCUT2D eigenvalue weighted by molar-refractivity contribution is 5.99. The predicted octanol–water partition coefficient (Wildman–Crippen LogP) is 4.63. The molecule has 0 N–H and O–H groups in total. The van der Waals surface area contributed by atoms with E-state index in [0.29, 0.717) is 23.4 Å². The Morgan fingerprint density at radius 3 is 2.48 bits per heavy atom. The van der Waals surface area contributed by atoms with Crippen molar-refractivity contribution in [3.05, 3.63) is 48.3 Å². The number of likely N-dealkylation sites (tertiary alicyclic amines) is 1. The van der Waals surface area contributed by atoms with Crippen LogP contribution in [0.5, 0.6) is 0 Å². The van der Waals surface area contributed by atoms with Gasteiger partial charge in [-0.15, -0.1) is 0 Å². The topological polar surface area (TPSA) is 68.3 Å². The van der Waals surface area contributed by atoms with Crippen molar-refractivity contribution in [3.63, 3.8) is 0 Å². The van der Waals surface area contributed by atoms with Gasteiger partial charge in [0, 0.05) is 30.9 Å². The number of pyridine rings is 2. The first-order valence-corrected chi connectivity index (χ1v) is 10.7. The van der Waals surface area contributed by atoms with Crippen LogP contribution >= 0.6 is 0 Å². The molecule has 1 amide bonds. The van der Waals surface area contributed by atoms with E-state index in [4.69, 9.17) is 0 Å². The normalized spacial score (nSPS) is 16.0. The predicted molar refractivity (Wildman–Crippen MR) is 112 cm³/mol. The second-order valence-corrected chi connectivity index (χ2v) is 8.01. The Kier molecular flexibility index (Phi) is 5.47. The molecule has 1 saturated heterocycles. The molecule has 4 aromatic rings. The maximum Gasteiger partial charge on any atom is 0.289 e. The fourth-order valence-corrected chi connectivity index (χ4v) is 4.20. The number of rotatable bonds is 4. The Balaban J connectivity index is 1.65. The highest BCUT2D eigenvalue weighted by Gasteiger charge is 2.28. The van der Waals surface area contributed by atoms with Gasteiger partial charge in [-0.05, 0) is 31.0 Å². The van der Waals surface area contributed by atoms with E-state index < -0.39 is 18.5 Å². The largest absolute Gasteiger partial charge is 0.337 e. The standard InChI is InChI=1S/C22H20F4N6O/c23-13-5-6-18-28-11-17(31(18)12-13)19-14-10-27-15(22(33)30-7-3-1-2-4-8-30)9-16(14)32(29-19)21(26)20(24)25/h5-6,9-12,20-21H,1-4,7-8H2. The lowest BCUT2D eigenvalue weighted by Gasteiger charge is -2.19. The van der Waals surface area contributed by atoms with Gasteiger partial charge in [-0.2, -0.15) is 5.10 Å². The summed E-state index contributed by atoms with van der Waals surface area (Å²) in [6.07, 6.45) is 1.63. The number of halogens is 4. The number of alkyl halides is 3. The molecule has 0 aliphatic carbocycles. The molecule has 0 spiro atoms. The Hall–Kier alpha value is -3.50. The SMILES string of the molecule is O=C(c1cc2c(cn1)c(-c1cnc3ccc(F)cn13)nn2C(F)C(F)F)N1CCCCCC1. The van der Waals surface area contributed by atoms with Gasteiger partial charge < -0.3 is 4.90 Å². The van der Waals surface area contributed by atoms with Crippen LogP contribution < -0.4 is 0 Å². The van der Waals surface area contributed by atoms with Crippen LogP contribution in [0.15, 0.2) is 36.8 Å². The van der Waals surface area contributed by atoms with E-state index in [1.165, 1.54) is 41.2 Å². The number of nitrogens with zero attached hydrogens (tertiary/aromatic N) is 6. The van der Waals surface area contributed by atoms with E-state index in [1.54, 1.807) is 4.90 Å². The van der Waals surface area contributed by atoms with Gasteiger partial charge in [-0.1, -0.05) is 12.8 Å². The smallest absolute Gasteiger partial charge is 0.289 e. The lowest BCUT2D eigenvalue weighted by Crippen LogP contribution is -2.32. The zero-order valence-corrected chi connectivity index (χ0v) is 17.5. The van der Waals surface area contributed by atoms with Crippen molar-refractivity contribution in [1.82, 2.24) is 29.0 Å². The fraction of sp³-hybridized carbons (Fsp3) is 0.364. The number of fused-ring (bicyclic) bond motifs is 2. The zero-order chi connectivity index (χ0) is 23.1. The number of aromatic nitrogens is 5. The summed E-state index contributed by atoms with van der Waals surface area (Å²) in [5, 5.41) is 4.32. The molecule has 1 unspecified atom stereocenters. The van der Waals surface area contributed by atoms with Crippen molar-refractivity contribution < 1.29 is 22.4 Å². The van der Waals surface area contributed by atoms with E-state index in [9.17, 15) is 22.4 Å². The Labute approximate surface area is 185 Å². The molecule has 0 radical (unpaired) electrons. The summed E-state index contributed by atoms with van der Waals surface area (Å²) in [6, 6.07) is 3.97. The maximum atomic E-state index is 14.5. The van der Waals surface area contributed by atoms with Gasteiger partial charge in [0.05, 0.1) is 17.4 Å². The highest BCUT2D eigenvalue weighted by atomic mass is 19.3. The van der Waals surface area contributed by atoms with E-state index in [1.807, 2.05) is 0 Å². The van der Waals surface area contributed by atoms with Crippen LogP contribution in [0.2, 0.25) is 0 Å². The summed E-state index contributed by atoms with van der Waals surface area (Å²) in [5.41, 5.74) is 0.816. The van der Waals surface area contributed by atoms with Crippen LogP contribution in [-0.2, 0) is 0 Å². The lowest BCUT2D eigenvalue weighted by molar-refractivity contribution is 0.00356. The molecule has 11 heteroatoms. The molecule has 0 saturated carbocycles. The fourth-order valence-electron chi connectivity index (χ4n) is 4.20. The molecule has 4 aromatic heterocycles. The van der Waals surface area contributed by atoms with Crippen molar-refractivity contribution in [3.8, 4) is 11.4 Å². The molecular formula is C22H20F4N6O. The number of hydrogen-bond donors (Lipinski definition) is 0. The van der Waals surface area contributed by atoms with Gasteiger partial charge in [-0.3, -0.25) is 14.2 Å². The average molecular weight is 460 g/mol. The number of imidazole rings is 1. The van der Waals surface area contributed by atoms with Crippen molar-refractivity contribution in [2.75, 3.05) is 13.1 Å². The van der Waals surface area contributed by atoms with Crippen molar-refractivity contribution in [2.45, 2.75) is 38.4 Å². The summed E-state index contributed by atoms with van der Waals surface area (Å²) in [7, 11) is 0. The van der Waals surface area contributed by atoms with Crippen LogP contribution in [0, 0.1) is 5.82 Å². The molecule has 0 aromatic carbocycles. The van der Waals surface area contributed by atoms with Crippen LogP contribution in [0.4, 0.5) is 17.6 Å². The Bertz CT molecular complexity index is 1330. The third-order valence-electron chi connectivity index (χ3n) is 5.86. The summed E-state index contributed by atoms with van der Waals surface area (Å²) in [6.45, 7) is 1.17. The minimum absolute atomic E-state index is 0.00248. The summed E-state index contributed by atoms with van der Waals surface area (Å²) >= 11 is 0. The first kappa shape index (κ1) is 21.4. The first-order valence-electron chi connectivity index (χ1n) is 10.7. The van der Waals surface area contributed by atoms with Gasteiger partial charge in [0.25, 0.3) is 18.6 Å². The van der Waals surface area contributed by atoms with Crippen LogP contribution in [-0.4, -0.2) is 54.5 Å². The second-order valence-electron chi connectivity index (χ2n) is 8.01. The Morgan fingerprint density at radius 1 is 1.00 bits per heavy atom.